The van der Waals surface area contributed by atoms with Gasteiger partial charge in [-0.3, -0.25) is 4.79 Å². The van der Waals surface area contributed by atoms with Gasteiger partial charge in [0.15, 0.2) is 12.6 Å². The fraction of sp³-hybridized carbons (Fsp3) is 0.968. The van der Waals surface area contributed by atoms with Gasteiger partial charge in [0.25, 0.3) is 0 Å². The molecule has 2 saturated heterocycles. The summed E-state index contributed by atoms with van der Waals surface area (Å²) in [6.45, 7) is 0.571. The minimum atomic E-state index is -2.33. The smallest absolute Gasteiger partial charge is 0.311 e. The molecule has 8 N–H and O–H groups in total. The standard InChI is InChI=1S/C31H58O13/c1-3-4-5-6-7-8-9-10-11-12-13-14-15-16-17-20(28(39)41-2)31(22(19-33)43-29(40)26(37)27(31)38)44-30-25(36)24(35)23(34)21(18-32)42-30/h20-27,29-30,32-38,40H,3-19H2,1-2H3/t20?,21-,22-,23+,24+,25-,26-,27-,29-,30+,31-/m1/s1. The van der Waals surface area contributed by atoms with E-state index in [0.717, 1.165) is 39.2 Å². The van der Waals surface area contributed by atoms with Gasteiger partial charge in [0.2, 0.25) is 0 Å². The van der Waals surface area contributed by atoms with Gasteiger partial charge in [-0.2, -0.15) is 0 Å². The molecule has 0 saturated carbocycles. The van der Waals surface area contributed by atoms with Gasteiger partial charge in [-0.05, 0) is 6.42 Å². The number of unbranched alkanes of at least 4 members (excludes halogenated alkanes) is 13. The van der Waals surface area contributed by atoms with Crippen molar-refractivity contribution in [1.29, 1.82) is 0 Å². The van der Waals surface area contributed by atoms with Crippen LogP contribution in [0.5, 0.6) is 0 Å². The molecule has 2 heterocycles. The molecule has 0 bridgehead atoms. The lowest BCUT2D eigenvalue weighted by molar-refractivity contribution is -0.395. The van der Waals surface area contributed by atoms with Crippen molar-refractivity contribution in [3.05, 3.63) is 0 Å². The SMILES string of the molecule is CCCCCCCCCCCCCCCCC(C(=O)OC)[C@]1(O[C@@H]2O[C@H](CO)[C@H](O)[C@H](O)[C@H]2O)[C@H](O)[C@@H](O)[C@H](O)O[C@@H]1CO. The Bertz CT molecular complexity index is 782. The lowest BCUT2D eigenvalue weighted by Crippen LogP contribution is -2.74. The molecule has 2 rings (SSSR count). The predicted molar refractivity (Wildman–Crippen MR) is 158 cm³/mol. The average molecular weight is 639 g/mol. The fourth-order valence-corrected chi connectivity index (χ4v) is 6.39. The van der Waals surface area contributed by atoms with Gasteiger partial charge >= 0.3 is 5.97 Å². The monoisotopic (exact) mass is 638 g/mol. The van der Waals surface area contributed by atoms with Crippen LogP contribution in [0.3, 0.4) is 0 Å². The molecule has 1 unspecified atom stereocenters. The van der Waals surface area contributed by atoms with E-state index in [4.69, 9.17) is 18.9 Å². The first-order chi connectivity index (χ1) is 21.1. The van der Waals surface area contributed by atoms with E-state index in [-0.39, 0.29) is 6.42 Å². The van der Waals surface area contributed by atoms with E-state index < -0.39 is 86.0 Å². The van der Waals surface area contributed by atoms with Crippen LogP contribution in [0, 0.1) is 5.92 Å². The van der Waals surface area contributed by atoms with Crippen molar-refractivity contribution in [2.45, 2.75) is 164 Å². The van der Waals surface area contributed by atoms with Gasteiger partial charge < -0.3 is 59.8 Å². The number of ether oxygens (including phenoxy) is 4. The zero-order valence-corrected chi connectivity index (χ0v) is 26.4. The van der Waals surface area contributed by atoms with Crippen LogP contribution in [0.4, 0.5) is 0 Å². The van der Waals surface area contributed by atoms with E-state index >= 15 is 0 Å². The van der Waals surface area contributed by atoms with Crippen molar-refractivity contribution in [2.24, 2.45) is 5.92 Å². The first kappa shape index (κ1) is 39.2. The Balaban J connectivity index is 2.07. The average Bonchev–Trinajstić information content (AvgIpc) is 3.03. The third-order valence-electron chi connectivity index (χ3n) is 9.10. The highest BCUT2D eigenvalue weighted by Crippen LogP contribution is 2.44. The molecule has 2 fully saturated rings. The zero-order chi connectivity index (χ0) is 32.7. The molecule has 2 aliphatic rings. The summed E-state index contributed by atoms with van der Waals surface area (Å²) in [5.41, 5.74) is -2.33. The molecule has 260 valence electrons. The summed E-state index contributed by atoms with van der Waals surface area (Å²) in [6, 6.07) is 0. The molecule has 0 radical (unpaired) electrons. The Kier molecular flexibility index (Phi) is 18.1. The topological polar surface area (TPSA) is 216 Å². The second-order valence-corrected chi connectivity index (χ2v) is 12.3. The molecular formula is C31H58O13. The normalized spacial score (nSPS) is 35.0. The molecule has 0 spiro atoms. The summed E-state index contributed by atoms with van der Waals surface area (Å²) in [6.07, 6.45) is -0.574. The second kappa shape index (κ2) is 20.3. The molecule has 0 aliphatic carbocycles. The van der Waals surface area contributed by atoms with E-state index in [2.05, 4.69) is 6.92 Å². The summed E-state index contributed by atoms with van der Waals surface area (Å²) >= 11 is 0. The first-order valence-corrected chi connectivity index (χ1v) is 16.5. The summed E-state index contributed by atoms with van der Waals surface area (Å²) < 4.78 is 21.9. The molecule has 0 aromatic heterocycles. The van der Waals surface area contributed by atoms with Crippen LogP contribution in [0.1, 0.15) is 103 Å². The van der Waals surface area contributed by atoms with Crippen LogP contribution in [-0.2, 0) is 23.7 Å². The lowest BCUT2D eigenvalue weighted by Gasteiger charge is -2.54. The quantitative estimate of drug-likeness (QED) is 0.0640. The number of hydrogen-bond acceptors (Lipinski definition) is 13. The van der Waals surface area contributed by atoms with E-state index in [0.29, 0.717) is 6.42 Å². The van der Waals surface area contributed by atoms with Crippen LogP contribution >= 0.6 is 0 Å². The zero-order valence-electron chi connectivity index (χ0n) is 26.4. The van der Waals surface area contributed by atoms with Crippen molar-refractivity contribution in [2.75, 3.05) is 20.3 Å². The minimum absolute atomic E-state index is 0.0574. The van der Waals surface area contributed by atoms with E-state index in [1.165, 1.54) is 51.4 Å². The van der Waals surface area contributed by atoms with Crippen LogP contribution in [0.2, 0.25) is 0 Å². The van der Waals surface area contributed by atoms with Crippen molar-refractivity contribution in [1.82, 2.24) is 0 Å². The van der Waals surface area contributed by atoms with Crippen molar-refractivity contribution < 1.29 is 64.6 Å². The maximum absolute atomic E-state index is 13.2. The highest BCUT2D eigenvalue weighted by atomic mass is 16.7. The third kappa shape index (κ3) is 10.3. The number of methoxy groups -OCH3 is 1. The van der Waals surface area contributed by atoms with Crippen LogP contribution in [0.25, 0.3) is 0 Å². The summed E-state index contributed by atoms with van der Waals surface area (Å²) in [5.74, 6) is -2.25. The van der Waals surface area contributed by atoms with Crippen molar-refractivity contribution in [3.8, 4) is 0 Å². The number of carbonyl (C=O) groups is 1. The van der Waals surface area contributed by atoms with Gasteiger partial charge in [0.05, 0.1) is 26.2 Å². The predicted octanol–water partition coefficient (Wildman–Crippen LogP) is 0.634. The third-order valence-corrected chi connectivity index (χ3v) is 9.10. The van der Waals surface area contributed by atoms with Crippen LogP contribution in [0.15, 0.2) is 0 Å². The summed E-state index contributed by atoms with van der Waals surface area (Å²) in [5, 5.41) is 83.1. The molecular weight excluding hydrogens is 580 g/mol. The first-order valence-electron chi connectivity index (χ1n) is 16.5. The van der Waals surface area contributed by atoms with E-state index in [1.807, 2.05) is 0 Å². The highest BCUT2D eigenvalue weighted by Gasteiger charge is 2.64. The Morgan fingerprint density at radius 1 is 0.705 bits per heavy atom. The Morgan fingerprint density at radius 3 is 1.70 bits per heavy atom. The van der Waals surface area contributed by atoms with E-state index in [9.17, 15) is 45.6 Å². The molecule has 13 heteroatoms. The van der Waals surface area contributed by atoms with Crippen molar-refractivity contribution in [3.63, 3.8) is 0 Å². The molecule has 13 nitrogen and oxygen atoms in total. The Labute approximate surface area is 261 Å². The molecule has 11 atom stereocenters. The Morgan fingerprint density at radius 2 is 1.23 bits per heavy atom. The highest BCUT2D eigenvalue weighted by molar-refractivity contribution is 5.74. The maximum Gasteiger partial charge on any atom is 0.311 e. The lowest BCUT2D eigenvalue weighted by atomic mass is 9.72. The molecule has 44 heavy (non-hydrogen) atoms. The molecule has 0 aromatic rings. The summed E-state index contributed by atoms with van der Waals surface area (Å²) in [4.78, 5) is 13.2. The Hall–Kier alpha value is -0.970. The maximum atomic E-state index is 13.2. The summed E-state index contributed by atoms with van der Waals surface area (Å²) in [7, 11) is 1.12. The molecule has 2 aliphatic heterocycles. The van der Waals surface area contributed by atoms with Crippen molar-refractivity contribution >= 4 is 5.97 Å². The van der Waals surface area contributed by atoms with Gasteiger partial charge in [-0.1, -0.05) is 96.8 Å². The van der Waals surface area contributed by atoms with E-state index in [1.54, 1.807) is 0 Å². The number of carbonyl (C=O) groups excluding carboxylic acids is 1. The number of aliphatic hydroxyl groups excluding tert-OH is 8. The van der Waals surface area contributed by atoms with Gasteiger partial charge in [0.1, 0.15) is 48.3 Å². The van der Waals surface area contributed by atoms with Crippen LogP contribution in [-0.4, -0.2) is 128 Å². The van der Waals surface area contributed by atoms with Gasteiger partial charge in [-0.15, -0.1) is 0 Å². The number of rotatable bonds is 21. The minimum Gasteiger partial charge on any atom is -0.469 e. The van der Waals surface area contributed by atoms with Gasteiger partial charge in [-0.25, -0.2) is 0 Å². The second-order valence-electron chi connectivity index (χ2n) is 12.3. The fourth-order valence-electron chi connectivity index (χ4n) is 6.39. The molecule has 0 amide bonds. The van der Waals surface area contributed by atoms with Gasteiger partial charge in [0, 0.05) is 0 Å². The number of hydrogen-bond donors (Lipinski definition) is 8. The number of esters is 1. The van der Waals surface area contributed by atoms with Crippen LogP contribution < -0.4 is 0 Å². The number of aliphatic hydroxyl groups is 8. The largest absolute Gasteiger partial charge is 0.469 e. The molecule has 0 aromatic carbocycles.